The Bertz CT molecular complexity index is 1320. The summed E-state index contributed by atoms with van der Waals surface area (Å²) in [5.74, 6) is -1.28. The van der Waals surface area contributed by atoms with Crippen LogP contribution in [-0.4, -0.2) is 15.6 Å². The molecule has 0 aliphatic carbocycles. The van der Waals surface area contributed by atoms with Crippen molar-refractivity contribution in [3.05, 3.63) is 98.5 Å². The van der Waals surface area contributed by atoms with Gasteiger partial charge in [0.05, 0.1) is 27.1 Å². The molecule has 5 nitrogen and oxygen atoms in total. The molecule has 0 radical (unpaired) electrons. The first-order chi connectivity index (χ1) is 14.0. The summed E-state index contributed by atoms with van der Waals surface area (Å²) >= 11 is 12.0. The van der Waals surface area contributed by atoms with Crippen LogP contribution in [0.15, 0.2) is 71.5 Å². The van der Waals surface area contributed by atoms with Crippen molar-refractivity contribution in [3.8, 4) is 11.4 Å². The van der Waals surface area contributed by atoms with E-state index in [-0.39, 0.29) is 27.4 Å². The maximum Gasteiger partial charge on any atom is 0.280 e. The third-order valence-electron chi connectivity index (χ3n) is 4.28. The summed E-state index contributed by atoms with van der Waals surface area (Å²) in [6.45, 7) is 0. The van der Waals surface area contributed by atoms with Gasteiger partial charge in [-0.1, -0.05) is 47.5 Å². The number of nitrogens with one attached hydrogen (secondary N) is 1. The minimum absolute atomic E-state index is 0.0368. The third-order valence-corrected chi connectivity index (χ3v) is 4.83. The standard InChI is InChI=1S/C21H12Cl2FN3O2/c22-12-9-10-13(16(23)11-12)20(28)26-27-19(14-5-1-3-7-17(14)24)25-18-8-4-2-6-15(18)21(27)29/h1-11H,(H,26,28). The predicted octanol–water partition coefficient (Wildman–Crippen LogP) is 4.89. The summed E-state index contributed by atoms with van der Waals surface area (Å²) in [6.07, 6.45) is 0. The van der Waals surface area contributed by atoms with Crippen LogP contribution in [0.5, 0.6) is 0 Å². The van der Waals surface area contributed by atoms with Gasteiger partial charge in [-0.05, 0) is 42.5 Å². The molecule has 0 aliphatic heterocycles. The molecule has 0 fully saturated rings. The van der Waals surface area contributed by atoms with E-state index in [1.165, 1.54) is 36.4 Å². The lowest BCUT2D eigenvalue weighted by Gasteiger charge is -2.15. The zero-order valence-electron chi connectivity index (χ0n) is 14.7. The molecule has 0 bridgehead atoms. The number of carbonyl (C=O) groups excluding carboxylic acids is 1. The topological polar surface area (TPSA) is 64.0 Å². The molecule has 0 atom stereocenters. The molecular weight excluding hydrogens is 416 g/mol. The molecule has 1 amide bonds. The summed E-state index contributed by atoms with van der Waals surface area (Å²) < 4.78 is 15.4. The average molecular weight is 428 g/mol. The van der Waals surface area contributed by atoms with E-state index < -0.39 is 17.3 Å². The Labute approximate surface area is 174 Å². The molecule has 3 aromatic carbocycles. The molecule has 144 valence electrons. The van der Waals surface area contributed by atoms with E-state index in [2.05, 4.69) is 10.4 Å². The monoisotopic (exact) mass is 427 g/mol. The number of halogens is 3. The van der Waals surface area contributed by atoms with Crippen LogP contribution in [0, 0.1) is 5.82 Å². The second-order valence-electron chi connectivity index (χ2n) is 6.14. The van der Waals surface area contributed by atoms with Gasteiger partial charge < -0.3 is 0 Å². The number of para-hydroxylation sites is 1. The Hall–Kier alpha value is -3.22. The molecule has 1 heterocycles. The Morgan fingerprint density at radius 1 is 1.00 bits per heavy atom. The number of amides is 1. The number of carbonyl (C=O) groups is 1. The van der Waals surface area contributed by atoms with Gasteiger partial charge in [0.15, 0.2) is 5.82 Å². The largest absolute Gasteiger partial charge is 0.280 e. The zero-order chi connectivity index (χ0) is 20.5. The second kappa shape index (κ2) is 7.66. The first-order valence-electron chi connectivity index (χ1n) is 8.49. The van der Waals surface area contributed by atoms with Crippen LogP contribution in [0.4, 0.5) is 4.39 Å². The zero-order valence-corrected chi connectivity index (χ0v) is 16.2. The van der Waals surface area contributed by atoms with Gasteiger partial charge >= 0.3 is 0 Å². The lowest BCUT2D eigenvalue weighted by molar-refractivity contribution is 0.101. The van der Waals surface area contributed by atoms with Crippen molar-refractivity contribution in [1.82, 2.24) is 9.66 Å². The van der Waals surface area contributed by atoms with Gasteiger partial charge in [-0.2, -0.15) is 4.68 Å². The average Bonchev–Trinajstić information content (AvgIpc) is 2.70. The highest BCUT2D eigenvalue weighted by Gasteiger charge is 2.19. The smallest absolute Gasteiger partial charge is 0.267 e. The molecule has 8 heteroatoms. The summed E-state index contributed by atoms with van der Waals surface area (Å²) in [4.78, 5) is 30.3. The van der Waals surface area contributed by atoms with Crippen molar-refractivity contribution < 1.29 is 9.18 Å². The highest BCUT2D eigenvalue weighted by Crippen LogP contribution is 2.23. The normalized spacial score (nSPS) is 10.9. The minimum atomic E-state index is -0.663. The van der Waals surface area contributed by atoms with Crippen LogP contribution >= 0.6 is 23.2 Å². The summed E-state index contributed by atoms with van der Waals surface area (Å²) in [5.41, 5.74) is 2.49. The molecule has 4 rings (SSSR count). The molecule has 1 N–H and O–H groups in total. The molecular formula is C21H12Cl2FN3O2. The lowest BCUT2D eigenvalue weighted by atomic mass is 10.1. The van der Waals surface area contributed by atoms with E-state index in [0.717, 1.165) is 4.68 Å². The van der Waals surface area contributed by atoms with Crippen LogP contribution in [0.25, 0.3) is 22.3 Å². The van der Waals surface area contributed by atoms with Crippen molar-refractivity contribution in [1.29, 1.82) is 0 Å². The maximum atomic E-state index is 14.5. The number of rotatable bonds is 3. The summed E-state index contributed by atoms with van der Waals surface area (Å²) in [7, 11) is 0. The number of hydrogen-bond donors (Lipinski definition) is 1. The quantitative estimate of drug-likeness (QED) is 0.505. The Balaban J connectivity index is 1.91. The van der Waals surface area contributed by atoms with Gasteiger partial charge in [-0.25, -0.2) is 9.37 Å². The van der Waals surface area contributed by atoms with E-state index in [0.29, 0.717) is 10.5 Å². The van der Waals surface area contributed by atoms with Crippen LogP contribution in [-0.2, 0) is 0 Å². The highest BCUT2D eigenvalue weighted by atomic mass is 35.5. The number of fused-ring (bicyclic) bond motifs is 1. The van der Waals surface area contributed by atoms with Gasteiger partial charge in [-0.15, -0.1) is 0 Å². The van der Waals surface area contributed by atoms with E-state index in [9.17, 15) is 14.0 Å². The fourth-order valence-corrected chi connectivity index (χ4v) is 3.39. The predicted molar refractivity (Wildman–Crippen MR) is 112 cm³/mol. The number of benzene rings is 3. The molecule has 4 aromatic rings. The third kappa shape index (κ3) is 3.60. The van der Waals surface area contributed by atoms with Crippen molar-refractivity contribution in [2.24, 2.45) is 0 Å². The van der Waals surface area contributed by atoms with Gasteiger partial charge in [0.2, 0.25) is 0 Å². The number of nitrogens with zero attached hydrogens (tertiary/aromatic N) is 2. The summed E-state index contributed by atoms with van der Waals surface area (Å²) in [6, 6.07) is 16.8. The lowest BCUT2D eigenvalue weighted by Crippen LogP contribution is -2.35. The number of aromatic nitrogens is 2. The highest BCUT2D eigenvalue weighted by molar-refractivity contribution is 6.37. The molecule has 0 saturated heterocycles. The molecule has 1 aromatic heterocycles. The SMILES string of the molecule is O=C(Nn1c(-c2ccccc2F)nc2ccccc2c1=O)c1ccc(Cl)cc1Cl. The van der Waals surface area contributed by atoms with E-state index in [1.807, 2.05) is 0 Å². The van der Waals surface area contributed by atoms with Gasteiger partial charge in [-0.3, -0.25) is 15.0 Å². The maximum absolute atomic E-state index is 14.5. The van der Waals surface area contributed by atoms with Crippen LogP contribution in [0.3, 0.4) is 0 Å². The van der Waals surface area contributed by atoms with Crippen molar-refractivity contribution in [3.63, 3.8) is 0 Å². The van der Waals surface area contributed by atoms with Crippen LogP contribution < -0.4 is 11.0 Å². The Kier molecular flexibility index (Phi) is 5.05. The van der Waals surface area contributed by atoms with Crippen molar-refractivity contribution >= 4 is 40.0 Å². The van der Waals surface area contributed by atoms with E-state index >= 15 is 0 Å². The number of hydrogen-bond acceptors (Lipinski definition) is 3. The fourth-order valence-electron chi connectivity index (χ4n) is 2.90. The first-order valence-corrected chi connectivity index (χ1v) is 9.24. The van der Waals surface area contributed by atoms with Crippen LogP contribution in [0.2, 0.25) is 10.0 Å². The van der Waals surface area contributed by atoms with Gasteiger partial charge in [0.25, 0.3) is 11.5 Å². The second-order valence-corrected chi connectivity index (χ2v) is 6.98. The van der Waals surface area contributed by atoms with Crippen molar-refractivity contribution in [2.75, 3.05) is 5.43 Å². The Morgan fingerprint density at radius 3 is 2.48 bits per heavy atom. The molecule has 29 heavy (non-hydrogen) atoms. The Morgan fingerprint density at radius 2 is 1.72 bits per heavy atom. The van der Waals surface area contributed by atoms with Crippen LogP contribution in [0.1, 0.15) is 10.4 Å². The van der Waals surface area contributed by atoms with Gasteiger partial charge in [0, 0.05) is 5.02 Å². The minimum Gasteiger partial charge on any atom is -0.267 e. The molecule has 0 saturated carbocycles. The van der Waals surface area contributed by atoms with Crippen molar-refractivity contribution in [2.45, 2.75) is 0 Å². The fraction of sp³-hybridized carbons (Fsp3) is 0. The molecule has 0 unspecified atom stereocenters. The van der Waals surface area contributed by atoms with E-state index in [1.54, 1.807) is 30.3 Å². The van der Waals surface area contributed by atoms with Gasteiger partial charge in [0.1, 0.15) is 5.82 Å². The molecule has 0 spiro atoms. The summed E-state index contributed by atoms with van der Waals surface area (Å²) in [5, 5.41) is 0.752. The first kappa shape index (κ1) is 19.1. The molecule has 0 aliphatic rings. The van der Waals surface area contributed by atoms with E-state index in [4.69, 9.17) is 23.2 Å².